The summed E-state index contributed by atoms with van der Waals surface area (Å²) in [5.41, 5.74) is 4.01. The van der Waals surface area contributed by atoms with Crippen LogP contribution in [0.2, 0.25) is 0 Å². The van der Waals surface area contributed by atoms with E-state index in [9.17, 15) is 9.18 Å². The van der Waals surface area contributed by atoms with Gasteiger partial charge < -0.3 is 14.6 Å². The number of nitrogens with zero attached hydrogens (tertiary/aromatic N) is 1. The van der Waals surface area contributed by atoms with E-state index in [1.165, 1.54) is 12.1 Å². The number of nitrogens with one attached hydrogen (secondary N) is 1. The predicted octanol–water partition coefficient (Wildman–Crippen LogP) is 4.15. The molecule has 0 spiro atoms. The number of benzene rings is 2. The second-order valence-corrected chi connectivity index (χ2v) is 7.04. The number of rotatable bonds is 4. The van der Waals surface area contributed by atoms with Crippen molar-refractivity contribution in [2.24, 2.45) is 0 Å². The van der Waals surface area contributed by atoms with Gasteiger partial charge in [-0.2, -0.15) is 0 Å². The highest BCUT2D eigenvalue weighted by molar-refractivity contribution is 5.91. The number of H-pyrrole nitrogens is 1. The molecule has 140 valence electrons. The van der Waals surface area contributed by atoms with Gasteiger partial charge in [-0.05, 0) is 54.8 Å². The highest BCUT2D eigenvalue weighted by Crippen LogP contribution is 2.31. The summed E-state index contributed by atoms with van der Waals surface area (Å²) in [7, 11) is 0. The van der Waals surface area contributed by atoms with E-state index in [1.54, 1.807) is 12.1 Å². The molecule has 1 atom stereocenters. The Balaban J connectivity index is 1.63. The molecule has 4 nitrogen and oxygen atoms in total. The fourth-order valence-corrected chi connectivity index (χ4v) is 3.80. The molecule has 3 aromatic rings. The van der Waals surface area contributed by atoms with Crippen LogP contribution in [0.1, 0.15) is 18.9 Å². The van der Waals surface area contributed by atoms with Crippen LogP contribution < -0.4 is 0 Å². The van der Waals surface area contributed by atoms with E-state index < -0.39 is 0 Å². The number of fused-ring (bicyclic) bond motifs is 1. The molecule has 1 aliphatic rings. The van der Waals surface area contributed by atoms with Gasteiger partial charge in [0.2, 0.25) is 5.91 Å². The SMILES string of the molecule is CC1COCCN1C(=O)CCc1c(-c2ccc(F)cc2)[nH]c2ccccc12. The molecule has 0 radical (unpaired) electrons. The normalized spacial score (nSPS) is 17.4. The number of aryl methyl sites for hydroxylation is 1. The number of hydrogen-bond acceptors (Lipinski definition) is 2. The van der Waals surface area contributed by atoms with E-state index >= 15 is 0 Å². The van der Waals surface area contributed by atoms with Crippen LogP contribution >= 0.6 is 0 Å². The topological polar surface area (TPSA) is 45.3 Å². The van der Waals surface area contributed by atoms with Gasteiger partial charge in [0.15, 0.2) is 0 Å². The quantitative estimate of drug-likeness (QED) is 0.754. The van der Waals surface area contributed by atoms with Crippen molar-refractivity contribution >= 4 is 16.8 Å². The van der Waals surface area contributed by atoms with Crippen molar-refractivity contribution in [2.75, 3.05) is 19.8 Å². The fraction of sp³-hybridized carbons (Fsp3) is 0.318. The lowest BCUT2D eigenvalue weighted by Gasteiger charge is -2.33. The van der Waals surface area contributed by atoms with E-state index in [0.717, 1.165) is 27.7 Å². The number of carbonyl (C=O) groups is 1. The van der Waals surface area contributed by atoms with Crippen LogP contribution in [0.3, 0.4) is 0 Å². The molecule has 1 amide bonds. The van der Waals surface area contributed by atoms with Gasteiger partial charge in [-0.15, -0.1) is 0 Å². The molecule has 0 bridgehead atoms. The van der Waals surface area contributed by atoms with Crippen molar-refractivity contribution in [1.29, 1.82) is 0 Å². The third-order valence-corrected chi connectivity index (χ3v) is 5.22. The number of aromatic nitrogens is 1. The van der Waals surface area contributed by atoms with Crippen LogP contribution in [-0.4, -0.2) is 41.6 Å². The minimum atomic E-state index is -0.257. The Morgan fingerprint density at radius 2 is 2.00 bits per heavy atom. The lowest BCUT2D eigenvalue weighted by atomic mass is 10.0. The zero-order chi connectivity index (χ0) is 18.8. The van der Waals surface area contributed by atoms with Gasteiger partial charge in [-0.25, -0.2) is 4.39 Å². The Kier molecular flexibility index (Phi) is 4.94. The zero-order valence-electron chi connectivity index (χ0n) is 15.4. The molecule has 4 rings (SSSR count). The Morgan fingerprint density at radius 1 is 1.22 bits per heavy atom. The van der Waals surface area contributed by atoms with E-state index in [2.05, 4.69) is 11.1 Å². The van der Waals surface area contributed by atoms with Crippen LogP contribution in [0.5, 0.6) is 0 Å². The van der Waals surface area contributed by atoms with Crippen LogP contribution in [0.25, 0.3) is 22.2 Å². The van der Waals surface area contributed by atoms with Crippen molar-refractivity contribution in [3.63, 3.8) is 0 Å². The lowest BCUT2D eigenvalue weighted by molar-refractivity contribution is -0.139. The number of aromatic amines is 1. The molecule has 1 saturated heterocycles. The molecule has 1 aromatic heterocycles. The van der Waals surface area contributed by atoms with Crippen molar-refractivity contribution in [2.45, 2.75) is 25.8 Å². The highest BCUT2D eigenvalue weighted by Gasteiger charge is 2.24. The van der Waals surface area contributed by atoms with Gasteiger partial charge in [0, 0.05) is 29.6 Å². The third kappa shape index (κ3) is 3.60. The Hall–Kier alpha value is -2.66. The number of halogens is 1. The number of amides is 1. The summed E-state index contributed by atoms with van der Waals surface area (Å²) in [5.74, 6) is -0.103. The zero-order valence-corrected chi connectivity index (χ0v) is 15.4. The van der Waals surface area contributed by atoms with E-state index in [0.29, 0.717) is 32.6 Å². The standard InChI is InChI=1S/C22H23FN2O2/c1-15-14-27-13-12-25(15)21(26)11-10-19-18-4-2-3-5-20(18)24-22(19)16-6-8-17(23)9-7-16/h2-9,15,24H,10-14H2,1H3. The first kappa shape index (κ1) is 17.7. The van der Waals surface area contributed by atoms with Crippen LogP contribution in [-0.2, 0) is 16.0 Å². The van der Waals surface area contributed by atoms with Gasteiger partial charge >= 0.3 is 0 Å². The molecule has 2 aromatic carbocycles. The van der Waals surface area contributed by atoms with Crippen LogP contribution in [0.4, 0.5) is 4.39 Å². The smallest absolute Gasteiger partial charge is 0.223 e. The number of ether oxygens (including phenoxy) is 1. The summed E-state index contributed by atoms with van der Waals surface area (Å²) < 4.78 is 18.8. The maximum absolute atomic E-state index is 13.3. The first-order valence-electron chi connectivity index (χ1n) is 9.36. The molecule has 0 aliphatic carbocycles. The maximum atomic E-state index is 13.3. The number of morpholine rings is 1. The molecule has 1 aliphatic heterocycles. The molecule has 1 N–H and O–H groups in total. The van der Waals surface area contributed by atoms with Crippen molar-refractivity contribution in [3.05, 3.63) is 59.9 Å². The minimum absolute atomic E-state index is 0.116. The summed E-state index contributed by atoms with van der Waals surface area (Å²) in [4.78, 5) is 18.1. The molecule has 2 heterocycles. The molecule has 1 unspecified atom stereocenters. The van der Waals surface area contributed by atoms with Gasteiger partial charge in [0.1, 0.15) is 5.82 Å². The molecule has 0 saturated carbocycles. The predicted molar refractivity (Wildman–Crippen MR) is 104 cm³/mol. The molecule has 5 heteroatoms. The minimum Gasteiger partial charge on any atom is -0.377 e. The number of carbonyl (C=O) groups excluding carboxylic acids is 1. The summed E-state index contributed by atoms with van der Waals surface area (Å²) in [5, 5.41) is 1.11. The monoisotopic (exact) mass is 366 g/mol. The first-order chi connectivity index (χ1) is 13.1. The van der Waals surface area contributed by atoms with E-state index in [1.807, 2.05) is 30.0 Å². The van der Waals surface area contributed by atoms with Crippen LogP contribution in [0, 0.1) is 5.82 Å². The Morgan fingerprint density at radius 3 is 2.78 bits per heavy atom. The summed E-state index contributed by atoms with van der Waals surface area (Å²) >= 11 is 0. The Bertz CT molecular complexity index is 949. The highest BCUT2D eigenvalue weighted by atomic mass is 19.1. The van der Waals surface area contributed by atoms with Crippen molar-refractivity contribution < 1.29 is 13.9 Å². The van der Waals surface area contributed by atoms with Gasteiger partial charge in [-0.3, -0.25) is 4.79 Å². The second kappa shape index (κ2) is 7.53. The average Bonchev–Trinajstić information content (AvgIpc) is 3.05. The average molecular weight is 366 g/mol. The van der Waals surface area contributed by atoms with Gasteiger partial charge in [0.25, 0.3) is 0 Å². The van der Waals surface area contributed by atoms with Crippen molar-refractivity contribution in [1.82, 2.24) is 9.88 Å². The number of hydrogen-bond donors (Lipinski definition) is 1. The molecule has 27 heavy (non-hydrogen) atoms. The van der Waals surface area contributed by atoms with Gasteiger partial charge in [0.05, 0.1) is 19.3 Å². The first-order valence-corrected chi connectivity index (χ1v) is 9.36. The van der Waals surface area contributed by atoms with Crippen LogP contribution in [0.15, 0.2) is 48.5 Å². The summed E-state index contributed by atoms with van der Waals surface area (Å²) in [6, 6.07) is 14.7. The van der Waals surface area contributed by atoms with E-state index in [-0.39, 0.29) is 17.8 Å². The second-order valence-electron chi connectivity index (χ2n) is 7.04. The van der Waals surface area contributed by atoms with E-state index in [4.69, 9.17) is 4.74 Å². The Labute approximate surface area is 157 Å². The van der Waals surface area contributed by atoms with Gasteiger partial charge in [-0.1, -0.05) is 18.2 Å². The molecular formula is C22H23FN2O2. The molecular weight excluding hydrogens is 343 g/mol. The molecule has 1 fully saturated rings. The number of para-hydroxylation sites is 1. The summed E-state index contributed by atoms with van der Waals surface area (Å²) in [6.45, 7) is 3.87. The largest absolute Gasteiger partial charge is 0.377 e. The fourth-order valence-electron chi connectivity index (χ4n) is 3.80. The third-order valence-electron chi connectivity index (χ3n) is 5.22. The van der Waals surface area contributed by atoms with Crippen molar-refractivity contribution in [3.8, 4) is 11.3 Å². The lowest BCUT2D eigenvalue weighted by Crippen LogP contribution is -2.47. The maximum Gasteiger partial charge on any atom is 0.223 e. The summed E-state index contributed by atoms with van der Waals surface area (Å²) in [6.07, 6.45) is 1.08.